The van der Waals surface area contributed by atoms with Gasteiger partial charge in [0.2, 0.25) is 0 Å². The Morgan fingerprint density at radius 3 is 2.59 bits per heavy atom. The van der Waals surface area contributed by atoms with E-state index in [4.69, 9.17) is 0 Å². The smallest absolute Gasteiger partial charge is 0.394 e. The highest BCUT2D eigenvalue weighted by Crippen LogP contribution is 2.39. The first-order valence-electron chi connectivity index (χ1n) is 5.38. The van der Waals surface area contributed by atoms with Crippen molar-refractivity contribution in [1.82, 2.24) is 4.98 Å². The Hall–Kier alpha value is -1.30. The Balaban J connectivity index is 2.27. The van der Waals surface area contributed by atoms with Crippen molar-refractivity contribution >= 4 is 5.82 Å². The monoisotopic (exact) mass is 246 g/mol. The number of aliphatic hydroxyl groups is 1. The van der Waals surface area contributed by atoms with Crippen molar-refractivity contribution in [3.63, 3.8) is 0 Å². The Morgan fingerprint density at radius 1 is 1.41 bits per heavy atom. The Labute approximate surface area is 96.7 Å². The summed E-state index contributed by atoms with van der Waals surface area (Å²) >= 11 is 0. The number of nitrogens with zero attached hydrogens (tertiary/aromatic N) is 1. The topological polar surface area (TPSA) is 45.1 Å². The summed E-state index contributed by atoms with van der Waals surface area (Å²) in [5.74, 6) is -0.200. The lowest BCUT2D eigenvalue weighted by molar-refractivity contribution is -0.137. The molecule has 0 unspecified atom stereocenters. The second kappa shape index (κ2) is 4.18. The van der Waals surface area contributed by atoms with Crippen LogP contribution in [0.4, 0.5) is 19.0 Å². The summed E-state index contributed by atoms with van der Waals surface area (Å²) in [6, 6.07) is 2.24. The molecule has 0 spiro atoms. The molecule has 6 heteroatoms. The number of aromatic nitrogens is 1. The SMILES string of the molecule is OCC1(Nc2ncccc2C(F)(F)F)CCC1. The first-order chi connectivity index (χ1) is 7.97. The molecule has 0 bridgehead atoms. The molecular formula is C11H13F3N2O. The fourth-order valence-electron chi connectivity index (χ4n) is 1.91. The highest BCUT2D eigenvalue weighted by Gasteiger charge is 2.40. The zero-order chi connectivity index (χ0) is 12.5. The average molecular weight is 246 g/mol. The summed E-state index contributed by atoms with van der Waals surface area (Å²) in [6.07, 6.45) is -0.894. The van der Waals surface area contributed by atoms with Gasteiger partial charge >= 0.3 is 6.18 Å². The largest absolute Gasteiger partial charge is 0.419 e. The summed E-state index contributed by atoms with van der Waals surface area (Å²) in [7, 11) is 0. The van der Waals surface area contributed by atoms with E-state index in [1.165, 1.54) is 12.3 Å². The number of hydrogen-bond donors (Lipinski definition) is 2. The maximum atomic E-state index is 12.7. The molecule has 1 aliphatic rings. The number of halogens is 3. The van der Waals surface area contributed by atoms with Gasteiger partial charge in [-0.25, -0.2) is 4.98 Å². The van der Waals surface area contributed by atoms with Gasteiger partial charge in [-0.05, 0) is 31.4 Å². The Kier molecular flexibility index (Phi) is 2.99. The van der Waals surface area contributed by atoms with Crippen molar-refractivity contribution in [1.29, 1.82) is 0 Å². The van der Waals surface area contributed by atoms with Crippen molar-refractivity contribution in [2.75, 3.05) is 11.9 Å². The molecule has 0 amide bonds. The standard InChI is InChI=1S/C11H13F3N2O/c12-11(13,14)8-3-1-6-15-9(8)16-10(7-17)4-2-5-10/h1,3,6,17H,2,4-5,7H2,(H,15,16). The van der Waals surface area contributed by atoms with Gasteiger partial charge in [-0.15, -0.1) is 0 Å². The number of alkyl halides is 3. The van der Waals surface area contributed by atoms with Crippen molar-refractivity contribution in [2.45, 2.75) is 31.0 Å². The lowest BCUT2D eigenvalue weighted by Gasteiger charge is -2.41. The van der Waals surface area contributed by atoms with E-state index in [9.17, 15) is 18.3 Å². The number of anilines is 1. The normalized spacial score (nSPS) is 18.6. The lowest BCUT2D eigenvalue weighted by atomic mass is 9.77. The molecule has 1 aliphatic carbocycles. The van der Waals surface area contributed by atoms with Crippen molar-refractivity contribution in [3.05, 3.63) is 23.9 Å². The molecule has 2 rings (SSSR count). The fraction of sp³-hybridized carbons (Fsp3) is 0.545. The fourth-order valence-corrected chi connectivity index (χ4v) is 1.91. The number of rotatable bonds is 3. The Morgan fingerprint density at radius 2 is 2.12 bits per heavy atom. The van der Waals surface area contributed by atoms with Crippen molar-refractivity contribution in [2.24, 2.45) is 0 Å². The van der Waals surface area contributed by atoms with Gasteiger partial charge in [0.25, 0.3) is 0 Å². The average Bonchev–Trinajstić information content (AvgIpc) is 2.23. The van der Waals surface area contributed by atoms with Gasteiger partial charge in [0.15, 0.2) is 0 Å². The van der Waals surface area contributed by atoms with Crippen LogP contribution in [0.1, 0.15) is 24.8 Å². The molecule has 0 aromatic carbocycles. The van der Waals surface area contributed by atoms with Crippen LogP contribution in [-0.2, 0) is 6.18 Å². The van der Waals surface area contributed by atoms with E-state index >= 15 is 0 Å². The molecule has 3 nitrogen and oxygen atoms in total. The maximum absolute atomic E-state index is 12.7. The molecule has 0 radical (unpaired) electrons. The first kappa shape index (κ1) is 12.2. The van der Waals surface area contributed by atoms with Crippen molar-refractivity contribution in [3.8, 4) is 0 Å². The van der Waals surface area contributed by atoms with Crippen LogP contribution in [0.15, 0.2) is 18.3 Å². The molecule has 0 aliphatic heterocycles. The number of pyridine rings is 1. The van der Waals surface area contributed by atoms with E-state index in [-0.39, 0.29) is 12.4 Å². The van der Waals surface area contributed by atoms with Gasteiger partial charge in [-0.2, -0.15) is 13.2 Å². The van der Waals surface area contributed by atoms with Gasteiger partial charge < -0.3 is 10.4 Å². The molecule has 94 valence electrons. The highest BCUT2D eigenvalue weighted by atomic mass is 19.4. The lowest BCUT2D eigenvalue weighted by Crippen LogP contribution is -2.48. The Bertz CT molecular complexity index is 396. The van der Waals surface area contributed by atoms with Crippen molar-refractivity contribution < 1.29 is 18.3 Å². The minimum Gasteiger partial charge on any atom is -0.394 e. The molecule has 1 aromatic heterocycles. The van der Waals surface area contributed by atoms with Gasteiger partial charge in [0.05, 0.1) is 17.7 Å². The van der Waals surface area contributed by atoms with Crippen LogP contribution in [0.2, 0.25) is 0 Å². The summed E-state index contributed by atoms with van der Waals surface area (Å²) < 4.78 is 38.1. The number of aliphatic hydroxyl groups excluding tert-OH is 1. The molecule has 17 heavy (non-hydrogen) atoms. The van der Waals surface area contributed by atoms with Crippen LogP contribution >= 0.6 is 0 Å². The summed E-state index contributed by atoms with van der Waals surface area (Å²) in [6.45, 7) is -0.180. The van der Waals surface area contributed by atoms with E-state index in [1.807, 2.05) is 0 Å². The molecule has 1 heterocycles. The first-order valence-corrected chi connectivity index (χ1v) is 5.38. The second-order valence-electron chi connectivity index (χ2n) is 4.31. The van der Waals surface area contributed by atoms with E-state index in [0.29, 0.717) is 12.8 Å². The van der Waals surface area contributed by atoms with Gasteiger partial charge in [-0.3, -0.25) is 0 Å². The van der Waals surface area contributed by atoms with Gasteiger partial charge in [0.1, 0.15) is 5.82 Å². The predicted molar refractivity (Wildman–Crippen MR) is 56.5 cm³/mol. The molecule has 1 fully saturated rings. The van der Waals surface area contributed by atoms with Crippen LogP contribution in [0, 0.1) is 0 Å². The van der Waals surface area contributed by atoms with Crippen LogP contribution in [-0.4, -0.2) is 22.2 Å². The molecule has 1 saturated carbocycles. The third-order valence-electron chi connectivity index (χ3n) is 3.11. The number of hydrogen-bond acceptors (Lipinski definition) is 3. The molecule has 1 aromatic rings. The van der Waals surface area contributed by atoms with Crippen LogP contribution in [0.5, 0.6) is 0 Å². The van der Waals surface area contributed by atoms with E-state index < -0.39 is 17.3 Å². The van der Waals surface area contributed by atoms with E-state index in [0.717, 1.165) is 12.5 Å². The summed E-state index contributed by atoms with van der Waals surface area (Å²) in [5.41, 5.74) is -1.42. The third kappa shape index (κ3) is 2.36. The van der Waals surface area contributed by atoms with Crippen LogP contribution < -0.4 is 5.32 Å². The molecule has 0 atom stereocenters. The minimum absolute atomic E-state index is 0.180. The molecule has 2 N–H and O–H groups in total. The maximum Gasteiger partial charge on any atom is 0.419 e. The summed E-state index contributed by atoms with van der Waals surface area (Å²) in [4.78, 5) is 3.72. The molecular weight excluding hydrogens is 233 g/mol. The second-order valence-corrected chi connectivity index (χ2v) is 4.31. The quantitative estimate of drug-likeness (QED) is 0.861. The van der Waals surface area contributed by atoms with Crippen LogP contribution in [0.25, 0.3) is 0 Å². The van der Waals surface area contributed by atoms with Gasteiger partial charge in [0, 0.05) is 6.20 Å². The number of nitrogens with one attached hydrogen (secondary N) is 1. The van der Waals surface area contributed by atoms with Crippen LogP contribution in [0.3, 0.4) is 0 Å². The minimum atomic E-state index is -4.43. The predicted octanol–water partition coefficient (Wildman–Crippen LogP) is 2.43. The van der Waals surface area contributed by atoms with E-state index in [2.05, 4.69) is 10.3 Å². The summed E-state index contributed by atoms with van der Waals surface area (Å²) in [5, 5.41) is 12.0. The molecule has 0 saturated heterocycles. The zero-order valence-corrected chi connectivity index (χ0v) is 9.09. The van der Waals surface area contributed by atoms with E-state index in [1.54, 1.807) is 0 Å². The zero-order valence-electron chi connectivity index (χ0n) is 9.09. The van der Waals surface area contributed by atoms with Gasteiger partial charge in [-0.1, -0.05) is 0 Å². The third-order valence-corrected chi connectivity index (χ3v) is 3.11. The highest BCUT2D eigenvalue weighted by molar-refractivity contribution is 5.48.